The van der Waals surface area contributed by atoms with Gasteiger partial charge in [-0.3, -0.25) is 14.4 Å². The van der Waals surface area contributed by atoms with Crippen molar-refractivity contribution in [1.82, 2.24) is 20.0 Å². The number of carbonyl (C=O) groups is 3. The summed E-state index contributed by atoms with van der Waals surface area (Å²) in [5.74, 6) is -0.0721. The van der Waals surface area contributed by atoms with E-state index in [4.69, 9.17) is 4.74 Å². The van der Waals surface area contributed by atoms with Crippen molar-refractivity contribution >= 4 is 18.2 Å². The Kier molecular flexibility index (Phi) is 18.2. The van der Waals surface area contributed by atoms with Crippen LogP contribution in [0.4, 0.5) is 0 Å². The van der Waals surface area contributed by atoms with Crippen LogP contribution in [-0.2, 0) is 19.1 Å². The zero-order chi connectivity index (χ0) is 26.8. The lowest BCUT2D eigenvalue weighted by Gasteiger charge is -2.31. The number of likely N-dealkylation sites (N-methyl/N-ethyl adjacent to an activating group) is 1. The molecule has 2 saturated heterocycles. The molecule has 8 heteroatoms. The third kappa shape index (κ3) is 13.7. The molecular formula is C27H52N4O4. The summed E-state index contributed by atoms with van der Waals surface area (Å²) in [6.45, 7) is 19.5. The van der Waals surface area contributed by atoms with Crippen LogP contribution in [0.5, 0.6) is 0 Å². The van der Waals surface area contributed by atoms with Gasteiger partial charge in [-0.1, -0.05) is 46.6 Å². The van der Waals surface area contributed by atoms with Crippen LogP contribution < -0.4 is 5.32 Å². The molecule has 0 spiro atoms. The number of carbonyl (C=O) groups excluding carboxylic acids is 3. The van der Waals surface area contributed by atoms with E-state index in [9.17, 15) is 14.4 Å². The lowest BCUT2D eigenvalue weighted by Crippen LogP contribution is -2.44. The van der Waals surface area contributed by atoms with E-state index >= 15 is 0 Å². The highest BCUT2D eigenvalue weighted by atomic mass is 16.5. The Balaban J connectivity index is 0.000000791. The fourth-order valence-electron chi connectivity index (χ4n) is 3.95. The van der Waals surface area contributed by atoms with Crippen molar-refractivity contribution in [2.45, 2.75) is 86.2 Å². The van der Waals surface area contributed by atoms with Crippen LogP contribution >= 0.6 is 0 Å². The number of hydrogen-bond donors (Lipinski definition) is 1. The Hall–Kier alpha value is -1.93. The molecule has 0 saturated carbocycles. The van der Waals surface area contributed by atoms with Gasteiger partial charge in [-0.05, 0) is 52.6 Å². The molecule has 2 heterocycles. The van der Waals surface area contributed by atoms with Crippen molar-refractivity contribution in [2.24, 2.45) is 5.92 Å². The molecule has 0 bridgehead atoms. The van der Waals surface area contributed by atoms with Gasteiger partial charge in [-0.25, -0.2) is 0 Å². The van der Waals surface area contributed by atoms with Crippen molar-refractivity contribution in [1.29, 1.82) is 0 Å². The van der Waals surface area contributed by atoms with E-state index < -0.39 is 0 Å². The largest absolute Gasteiger partial charge is 0.378 e. The van der Waals surface area contributed by atoms with Gasteiger partial charge < -0.3 is 24.8 Å². The highest BCUT2D eigenvalue weighted by molar-refractivity contribution is 5.93. The summed E-state index contributed by atoms with van der Waals surface area (Å²) >= 11 is 0. The average molecular weight is 497 g/mol. The van der Waals surface area contributed by atoms with Gasteiger partial charge in [0.1, 0.15) is 0 Å². The first-order chi connectivity index (χ1) is 16.6. The molecule has 0 aromatic rings. The van der Waals surface area contributed by atoms with Gasteiger partial charge in [0.15, 0.2) is 0 Å². The Labute approximate surface area is 214 Å². The first-order valence-corrected chi connectivity index (χ1v) is 13.3. The minimum Gasteiger partial charge on any atom is -0.378 e. The Morgan fingerprint density at radius 2 is 1.54 bits per heavy atom. The highest BCUT2D eigenvalue weighted by Crippen LogP contribution is 2.15. The summed E-state index contributed by atoms with van der Waals surface area (Å²) in [5, 5.41) is 2.37. The summed E-state index contributed by atoms with van der Waals surface area (Å²) in [7, 11) is 1.68. The topological polar surface area (TPSA) is 82.2 Å². The molecule has 2 aliphatic rings. The van der Waals surface area contributed by atoms with Gasteiger partial charge in [-0.15, -0.1) is 0 Å². The van der Waals surface area contributed by atoms with E-state index in [0.717, 1.165) is 6.04 Å². The molecule has 0 radical (unpaired) electrons. The van der Waals surface area contributed by atoms with Crippen LogP contribution in [0.25, 0.3) is 0 Å². The molecular weight excluding hydrogens is 444 g/mol. The molecule has 1 N–H and O–H groups in total. The molecule has 0 unspecified atom stereocenters. The minimum absolute atomic E-state index is 0.0224. The van der Waals surface area contributed by atoms with Crippen molar-refractivity contribution in [3.63, 3.8) is 0 Å². The molecule has 2 rings (SSSR count). The molecule has 35 heavy (non-hydrogen) atoms. The normalized spacial score (nSPS) is 17.5. The molecule has 8 nitrogen and oxygen atoms in total. The van der Waals surface area contributed by atoms with Gasteiger partial charge in [0.05, 0.1) is 25.8 Å². The van der Waals surface area contributed by atoms with Crippen LogP contribution in [-0.4, -0.2) is 98.0 Å². The summed E-state index contributed by atoms with van der Waals surface area (Å²) in [6.07, 6.45) is 7.86. The zero-order valence-corrected chi connectivity index (χ0v) is 23.6. The molecule has 0 aliphatic carbocycles. The van der Waals surface area contributed by atoms with Crippen LogP contribution in [0, 0.1) is 5.92 Å². The lowest BCUT2D eigenvalue weighted by molar-refractivity contribution is -0.132. The second kappa shape index (κ2) is 19.3. The number of rotatable bonds is 8. The summed E-state index contributed by atoms with van der Waals surface area (Å²) in [5.41, 5.74) is 0.619. The smallest absolute Gasteiger partial charge is 0.249 e. The minimum atomic E-state index is -0.207. The second-order valence-electron chi connectivity index (χ2n) is 9.89. The maximum absolute atomic E-state index is 12.5. The summed E-state index contributed by atoms with van der Waals surface area (Å²) in [4.78, 5) is 40.7. The van der Waals surface area contributed by atoms with Crippen LogP contribution in [0.2, 0.25) is 0 Å². The maximum Gasteiger partial charge on any atom is 0.249 e. The first-order valence-electron chi connectivity index (χ1n) is 13.3. The van der Waals surface area contributed by atoms with Crippen LogP contribution in [0.3, 0.4) is 0 Å². The van der Waals surface area contributed by atoms with E-state index in [0.29, 0.717) is 38.3 Å². The summed E-state index contributed by atoms with van der Waals surface area (Å²) < 4.78 is 5.25. The highest BCUT2D eigenvalue weighted by Gasteiger charge is 2.24. The average Bonchev–Trinajstić information content (AvgIpc) is 2.86. The molecule has 0 aromatic carbocycles. The number of piperidine rings is 1. The second-order valence-corrected chi connectivity index (χ2v) is 9.89. The number of morpholine rings is 1. The van der Waals surface area contributed by atoms with Crippen molar-refractivity contribution in [3.05, 3.63) is 11.6 Å². The monoisotopic (exact) mass is 496 g/mol. The van der Waals surface area contributed by atoms with E-state index in [1.807, 2.05) is 19.9 Å². The fourth-order valence-corrected chi connectivity index (χ4v) is 3.95. The number of nitrogens with one attached hydrogen (secondary N) is 1. The lowest BCUT2D eigenvalue weighted by atomic mass is 9.99. The molecule has 0 aromatic heterocycles. The number of ether oxygens (including phenoxy) is 1. The van der Waals surface area contributed by atoms with Crippen LogP contribution in [0.1, 0.15) is 74.1 Å². The predicted molar refractivity (Wildman–Crippen MR) is 143 cm³/mol. The Morgan fingerprint density at radius 3 is 1.97 bits per heavy atom. The third-order valence-electron chi connectivity index (χ3n) is 6.04. The van der Waals surface area contributed by atoms with E-state index in [1.54, 1.807) is 23.8 Å². The van der Waals surface area contributed by atoms with Gasteiger partial charge in [0.25, 0.3) is 0 Å². The number of hydrogen-bond acceptors (Lipinski definition) is 5. The van der Waals surface area contributed by atoms with E-state index in [2.05, 4.69) is 37.9 Å². The maximum atomic E-state index is 12.5. The Morgan fingerprint density at radius 1 is 1.00 bits per heavy atom. The zero-order valence-electron chi connectivity index (χ0n) is 23.6. The van der Waals surface area contributed by atoms with Crippen LogP contribution in [0.15, 0.2) is 11.6 Å². The van der Waals surface area contributed by atoms with E-state index in [1.165, 1.54) is 38.8 Å². The Bertz CT molecular complexity index is 625. The molecule has 2 aliphatic heterocycles. The number of nitrogens with zero attached hydrogens (tertiary/aromatic N) is 3. The quantitative estimate of drug-likeness (QED) is 0.412. The van der Waals surface area contributed by atoms with Crippen molar-refractivity contribution < 1.29 is 19.1 Å². The van der Waals surface area contributed by atoms with Gasteiger partial charge in [0.2, 0.25) is 18.2 Å². The van der Waals surface area contributed by atoms with Crippen molar-refractivity contribution in [3.8, 4) is 0 Å². The van der Waals surface area contributed by atoms with Crippen molar-refractivity contribution in [2.75, 3.05) is 53.0 Å². The van der Waals surface area contributed by atoms with E-state index in [-0.39, 0.29) is 30.3 Å². The van der Waals surface area contributed by atoms with Gasteiger partial charge >= 0.3 is 0 Å². The third-order valence-corrected chi connectivity index (χ3v) is 6.04. The standard InChI is InChI=1S/C16H27N3O4.C8H17N.C3H8/c1-12(2)14(18(4)15(21)10-17-11-20)9-13(3)16(22)19-5-7-23-8-6-19;1-8(2)9-6-4-3-5-7-9;1-3-2/h9,11-12,14H,5-8,10H2,1-4H3,(H,17,20);8H,3-7H2,1-2H3;3H2,1-2H3/b13-9+;;/t14-;;/m1../s1. The first kappa shape index (κ1) is 33.1. The molecule has 2 fully saturated rings. The van der Waals surface area contributed by atoms with Gasteiger partial charge in [-0.2, -0.15) is 0 Å². The van der Waals surface area contributed by atoms with Gasteiger partial charge in [0, 0.05) is 31.8 Å². The predicted octanol–water partition coefficient (Wildman–Crippen LogP) is 3.32. The molecule has 1 atom stereocenters. The SMILES string of the molecule is C/C(=C\[C@H](C(C)C)N(C)C(=O)CNC=O)C(=O)N1CCOCC1.CC(C)N1CCCCC1.CCC. The summed E-state index contributed by atoms with van der Waals surface area (Å²) in [6, 6.07) is 0.561. The molecule has 3 amide bonds. The number of likely N-dealkylation sites (tertiary alicyclic amines) is 1. The number of amides is 3. The molecule has 204 valence electrons. The fraction of sp³-hybridized carbons (Fsp3) is 0.815.